The van der Waals surface area contributed by atoms with Gasteiger partial charge in [0, 0.05) is 6.54 Å². The summed E-state index contributed by atoms with van der Waals surface area (Å²) in [5.41, 5.74) is -0.231. The van der Waals surface area contributed by atoms with Crippen molar-refractivity contribution in [1.29, 1.82) is 0 Å². The number of ether oxygens (including phenoxy) is 1. The number of hydrogen-bond acceptors (Lipinski definition) is 5. The third-order valence-electron chi connectivity index (χ3n) is 2.57. The molecular weight excluding hydrogens is 286 g/mol. The molecule has 112 valence electrons. The SMILES string of the molecule is COc1ccc(S(=O)(=O)NCCC(C)O)cc1C(=O)O. The molecule has 0 amide bonds. The molecule has 3 N–H and O–H groups in total. The van der Waals surface area contributed by atoms with Gasteiger partial charge in [-0.3, -0.25) is 0 Å². The molecule has 0 aliphatic carbocycles. The van der Waals surface area contributed by atoms with E-state index in [1.807, 2.05) is 0 Å². The Hall–Kier alpha value is -1.64. The number of aliphatic hydroxyl groups is 1. The first-order valence-electron chi connectivity index (χ1n) is 5.87. The predicted molar refractivity (Wildman–Crippen MR) is 71.4 cm³/mol. The van der Waals surface area contributed by atoms with E-state index < -0.39 is 22.1 Å². The maximum absolute atomic E-state index is 12.0. The molecule has 1 atom stereocenters. The second-order valence-corrected chi connectivity index (χ2v) is 5.97. The van der Waals surface area contributed by atoms with E-state index in [4.69, 9.17) is 14.9 Å². The molecule has 20 heavy (non-hydrogen) atoms. The zero-order valence-electron chi connectivity index (χ0n) is 11.2. The van der Waals surface area contributed by atoms with E-state index in [9.17, 15) is 13.2 Å². The summed E-state index contributed by atoms with van der Waals surface area (Å²) in [4.78, 5) is 10.9. The van der Waals surface area contributed by atoms with E-state index in [2.05, 4.69) is 4.72 Å². The number of carbonyl (C=O) groups is 1. The largest absolute Gasteiger partial charge is 0.496 e. The van der Waals surface area contributed by atoms with Gasteiger partial charge in [-0.1, -0.05) is 0 Å². The van der Waals surface area contributed by atoms with Crippen molar-refractivity contribution in [2.24, 2.45) is 0 Å². The van der Waals surface area contributed by atoms with Gasteiger partial charge in [-0.25, -0.2) is 17.9 Å². The van der Waals surface area contributed by atoms with Crippen LogP contribution in [0.4, 0.5) is 0 Å². The Labute approximate surface area is 117 Å². The van der Waals surface area contributed by atoms with Crippen molar-refractivity contribution in [1.82, 2.24) is 4.72 Å². The fourth-order valence-electron chi connectivity index (χ4n) is 1.51. The number of aliphatic hydroxyl groups excluding tert-OH is 1. The van der Waals surface area contributed by atoms with Crippen LogP contribution in [0.3, 0.4) is 0 Å². The van der Waals surface area contributed by atoms with E-state index in [0.717, 1.165) is 6.07 Å². The zero-order valence-corrected chi connectivity index (χ0v) is 12.0. The first-order chi connectivity index (χ1) is 9.27. The third-order valence-corrected chi connectivity index (χ3v) is 4.02. The lowest BCUT2D eigenvalue weighted by molar-refractivity contribution is 0.0693. The summed E-state index contributed by atoms with van der Waals surface area (Å²) in [7, 11) is -2.51. The molecule has 1 unspecified atom stereocenters. The van der Waals surface area contributed by atoms with Crippen LogP contribution in [0.5, 0.6) is 5.75 Å². The number of benzene rings is 1. The first kappa shape index (κ1) is 16.4. The lowest BCUT2D eigenvalue weighted by Gasteiger charge is -2.10. The van der Waals surface area contributed by atoms with Crippen LogP contribution >= 0.6 is 0 Å². The molecule has 1 rings (SSSR count). The van der Waals surface area contributed by atoms with Gasteiger partial charge in [0.2, 0.25) is 10.0 Å². The lowest BCUT2D eigenvalue weighted by atomic mass is 10.2. The Bertz CT molecular complexity index is 582. The van der Waals surface area contributed by atoms with Gasteiger partial charge >= 0.3 is 5.97 Å². The molecule has 0 saturated carbocycles. The van der Waals surface area contributed by atoms with Crippen LogP contribution in [-0.2, 0) is 10.0 Å². The molecule has 7 nitrogen and oxygen atoms in total. The number of aromatic carboxylic acids is 1. The highest BCUT2D eigenvalue weighted by molar-refractivity contribution is 7.89. The molecule has 1 aromatic rings. The van der Waals surface area contributed by atoms with E-state index in [1.54, 1.807) is 6.92 Å². The number of methoxy groups -OCH3 is 1. The van der Waals surface area contributed by atoms with Crippen molar-refractivity contribution >= 4 is 16.0 Å². The minimum absolute atomic E-state index is 0.0639. The number of hydrogen-bond donors (Lipinski definition) is 3. The fraction of sp³-hybridized carbons (Fsp3) is 0.417. The van der Waals surface area contributed by atoms with Crippen molar-refractivity contribution in [3.63, 3.8) is 0 Å². The first-order valence-corrected chi connectivity index (χ1v) is 7.35. The van der Waals surface area contributed by atoms with Crippen molar-refractivity contribution in [2.45, 2.75) is 24.3 Å². The topological polar surface area (TPSA) is 113 Å². The van der Waals surface area contributed by atoms with Crippen molar-refractivity contribution in [2.75, 3.05) is 13.7 Å². The van der Waals surface area contributed by atoms with Gasteiger partial charge in [-0.05, 0) is 31.5 Å². The van der Waals surface area contributed by atoms with Crippen LogP contribution in [0.25, 0.3) is 0 Å². The molecule has 0 spiro atoms. The molecular formula is C12H17NO6S. The van der Waals surface area contributed by atoms with Crippen LogP contribution in [-0.4, -0.2) is 44.4 Å². The van der Waals surface area contributed by atoms with Crippen LogP contribution in [0.15, 0.2) is 23.1 Å². The number of sulfonamides is 1. The standard InChI is InChI=1S/C12H17NO6S/c1-8(14)5-6-13-20(17,18)9-3-4-11(19-2)10(7-9)12(15)16/h3-4,7-8,13-14H,5-6H2,1-2H3,(H,15,16). The second-order valence-electron chi connectivity index (χ2n) is 4.20. The van der Waals surface area contributed by atoms with Gasteiger partial charge < -0.3 is 14.9 Å². The zero-order chi connectivity index (χ0) is 15.3. The van der Waals surface area contributed by atoms with Crippen molar-refractivity contribution in [3.8, 4) is 5.75 Å². The van der Waals surface area contributed by atoms with Crippen LogP contribution in [0.1, 0.15) is 23.7 Å². The number of nitrogens with one attached hydrogen (secondary N) is 1. The number of rotatable bonds is 7. The van der Waals surface area contributed by atoms with Gasteiger partial charge in [-0.15, -0.1) is 0 Å². The highest BCUT2D eigenvalue weighted by Gasteiger charge is 2.19. The average Bonchev–Trinajstić information content (AvgIpc) is 2.37. The molecule has 0 aliphatic heterocycles. The Morgan fingerprint density at radius 2 is 2.10 bits per heavy atom. The van der Waals surface area contributed by atoms with Crippen LogP contribution in [0, 0.1) is 0 Å². The molecule has 1 aromatic carbocycles. The monoisotopic (exact) mass is 303 g/mol. The number of carboxylic acid groups (broad SMARTS) is 1. The smallest absolute Gasteiger partial charge is 0.339 e. The highest BCUT2D eigenvalue weighted by Crippen LogP contribution is 2.22. The Kier molecular flexibility index (Phi) is 5.49. The molecule has 0 saturated heterocycles. The van der Waals surface area contributed by atoms with E-state index >= 15 is 0 Å². The third kappa shape index (κ3) is 4.19. The summed E-state index contributed by atoms with van der Waals surface area (Å²) in [5, 5.41) is 18.1. The van der Waals surface area contributed by atoms with Gasteiger partial charge in [0.15, 0.2) is 0 Å². The maximum atomic E-state index is 12.0. The normalized spacial score (nSPS) is 12.9. The molecule has 0 aliphatic rings. The van der Waals surface area contributed by atoms with E-state index in [-0.39, 0.29) is 29.2 Å². The fourth-order valence-corrected chi connectivity index (χ4v) is 2.58. The molecule has 8 heteroatoms. The summed E-state index contributed by atoms with van der Waals surface area (Å²) in [6.07, 6.45) is -0.357. The minimum Gasteiger partial charge on any atom is -0.496 e. The second kappa shape index (κ2) is 6.69. The van der Waals surface area contributed by atoms with Crippen molar-refractivity contribution in [3.05, 3.63) is 23.8 Å². The lowest BCUT2D eigenvalue weighted by Crippen LogP contribution is -2.27. The molecule has 0 bridgehead atoms. The predicted octanol–water partition coefficient (Wildman–Crippen LogP) is 0.443. The molecule has 0 aromatic heterocycles. The summed E-state index contributed by atoms with van der Waals surface area (Å²) in [5.74, 6) is -1.19. The summed E-state index contributed by atoms with van der Waals surface area (Å²) in [6.45, 7) is 1.61. The summed E-state index contributed by atoms with van der Waals surface area (Å²) in [6, 6.07) is 3.58. The molecule has 0 heterocycles. The minimum atomic E-state index is -3.82. The average molecular weight is 303 g/mol. The summed E-state index contributed by atoms with van der Waals surface area (Å²) >= 11 is 0. The maximum Gasteiger partial charge on any atom is 0.339 e. The van der Waals surface area contributed by atoms with E-state index in [1.165, 1.54) is 19.2 Å². The van der Waals surface area contributed by atoms with Gasteiger partial charge in [0.05, 0.1) is 18.1 Å². The van der Waals surface area contributed by atoms with Crippen LogP contribution < -0.4 is 9.46 Å². The van der Waals surface area contributed by atoms with E-state index in [0.29, 0.717) is 0 Å². The van der Waals surface area contributed by atoms with Crippen LogP contribution in [0.2, 0.25) is 0 Å². The quantitative estimate of drug-likeness (QED) is 0.674. The Morgan fingerprint density at radius 1 is 1.45 bits per heavy atom. The van der Waals surface area contributed by atoms with Crippen molar-refractivity contribution < 1.29 is 28.2 Å². The van der Waals surface area contributed by atoms with Gasteiger partial charge in [0.25, 0.3) is 0 Å². The Morgan fingerprint density at radius 3 is 2.60 bits per heavy atom. The Balaban J connectivity index is 3.01. The van der Waals surface area contributed by atoms with Gasteiger partial charge in [0.1, 0.15) is 11.3 Å². The molecule has 0 radical (unpaired) electrons. The highest BCUT2D eigenvalue weighted by atomic mass is 32.2. The molecule has 0 fully saturated rings. The van der Waals surface area contributed by atoms with Gasteiger partial charge in [-0.2, -0.15) is 0 Å². The number of carboxylic acids is 1. The summed E-state index contributed by atoms with van der Waals surface area (Å²) < 4.78 is 31.1.